The van der Waals surface area contributed by atoms with Crippen molar-refractivity contribution >= 4 is 0 Å². The standard InChI is InChI=1S/C12H26O2/c1-5-6-7-8-9-11(2)14-10-12(3)13-4/h11-12H,5-10H2,1-4H3. The minimum absolute atomic E-state index is 0.216. The predicted octanol–water partition coefficient (Wildman–Crippen LogP) is 3.40. The fraction of sp³-hybridized carbons (Fsp3) is 1.00. The highest BCUT2D eigenvalue weighted by molar-refractivity contribution is 4.53. The average Bonchev–Trinajstić information content (AvgIpc) is 2.21. The predicted molar refractivity (Wildman–Crippen MR) is 60.6 cm³/mol. The molecule has 0 heterocycles. The third-order valence-corrected chi connectivity index (χ3v) is 2.48. The van der Waals surface area contributed by atoms with Gasteiger partial charge in [0.15, 0.2) is 0 Å². The molecule has 0 spiro atoms. The van der Waals surface area contributed by atoms with E-state index in [1.54, 1.807) is 7.11 Å². The molecule has 14 heavy (non-hydrogen) atoms. The van der Waals surface area contributed by atoms with Crippen LogP contribution in [0, 0.1) is 0 Å². The van der Waals surface area contributed by atoms with Gasteiger partial charge in [-0.2, -0.15) is 0 Å². The molecule has 0 aliphatic rings. The Hall–Kier alpha value is -0.0800. The van der Waals surface area contributed by atoms with E-state index in [0.717, 1.165) is 0 Å². The van der Waals surface area contributed by atoms with Crippen molar-refractivity contribution in [2.75, 3.05) is 13.7 Å². The number of methoxy groups -OCH3 is 1. The molecule has 2 heteroatoms. The number of ether oxygens (including phenoxy) is 2. The lowest BCUT2D eigenvalue weighted by molar-refractivity contribution is -0.0165. The van der Waals surface area contributed by atoms with Crippen LogP contribution >= 0.6 is 0 Å². The molecule has 2 atom stereocenters. The smallest absolute Gasteiger partial charge is 0.0776 e. The quantitative estimate of drug-likeness (QED) is 0.533. The van der Waals surface area contributed by atoms with Gasteiger partial charge in [0.1, 0.15) is 0 Å². The summed E-state index contributed by atoms with van der Waals surface area (Å²) in [5.74, 6) is 0. The first-order valence-electron chi connectivity index (χ1n) is 5.85. The van der Waals surface area contributed by atoms with Crippen LogP contribution in [0.25, 0.3) is 0 Å². The van der Waals surface area contributed by atoms with E-state index >= 15 is 0 Å². The Morgan fingerprint density at radius 3 is 2.29 bits per heavy atom. The largest absolute Gasteiger partial charge is 0.379 e. The molecule has 2 unspecified atom stereocenters. The Morgan fingerprint density at radius 2 is 1.71 bits per heavy atom. The normalized spacial score (nSPS) is 15.4. The average molecular weight is 202 g/mol. The summed E-state index contributed by atoms with van der Waals surface area (Å²) < 4.78 is 10.8. The Kier molecular flexibility index (Phi) is 9.42. The highest BCUT2D eigenvalue weighted by Crippen LogP contribution is 2.08. The number of unbranched alkanes of at least 4 members (excludes halogenated alkanes) is 3. The molecule has 0 aromatic heterocycles. The van der Waals surface area contributed by atoms with Crippen LogP contribution in [-0.4, -0.2) is 25.9 Å². The van der Waals surface area contributed by atoms with Gasteiger partial charge in [-0.15, -0.1) is 0 Å². The van der Waals surface area contributed by atoms with Crippen molar-refractivity contribution < 1.29 is 9.47 Å². The zero-order valence-electron chi connectivity index (χ0n) is 10.2. The van der Waals surface area contributed by atoms with Gasteiger partial charge < -0.3 is 9.47 Å². The summed E-state index contributed by atoms with van der Waals surface area (Å²) in [5.41, 5.74) is 0. The summed E-state index contributed by atoms with van der Waals surface area (Å²) in [6, 6.07) is 0. The Bertz CT molecular complexity index is 115. The third kappa shape index (κ3) is 8.52. The second-order valence-corrected chi connectivity index (χ2v) is 4.04. The van der Waals surface area contributed by atoms with E-state index in [9.17, 15) is 0 Å². The van der Waals surface area contributed by atoms with Gasteiger partial charge in [0.25, 0.3) is 0 Å². The van der Waals surface area contributed by atoms with Crippen molar-refractivity contribution in [2.45, 2.75) is 65.1 Å². The zero-order chi connectivity index (χ0) is 10.8. The lowest BCUT2D eigenvalue weighted by Gasteiger charge is -2.15. The maximum Gasteiger partial charge on any atom is 0.0776 e. The molecular weight excluding hydrogens is 176 g/mol. The van der Waals surface area contributed by atoms with Gasteiger partial charge in [-0.3, -0.25) is 0 Å². The van der Waals surface area contributed by atoms with E-state index in [4.69, 9.17) is 9.47 Å². The monoisotopic (exact) mass is 202 g/mol. The summed E-state index contributed by atoms with van der Waals surface area (Å²) in [4.78, 5) is 0. The van der Waals surface area contributed by atoms with Gasteiger partial charge in [-0.25, -0.2) is 0 Å². The zero-order valence-corrected chi connectivity index (χ0v) is 10.2. The fourth-order valence-corrected chi connectivity index (χ4v) is 1.31. The first kappa shape index (κ1) is 13.9. The van der Waals surface area contributed by atoms with E-state index in [2.05, 4.69) is 13.8 Å². The maximum atomic E-state index is 5.65. The van der Waals surface area contributed by atoms with E-state index in [0.29, 0.717) is 12.7 Å². The minimum Gasteiger partial charge on any atom is -0.379 e. The van der Waals surface area contributed by atoms with Crippen LogP contribution in [0.1, 0.15) is 52.9 Å². The lowest BCUT2D eigenvalue weighted by Crippen LogP contribution is -2.18. The molecule has 0 fully saturated rings. The molecule has 0 aromatic rings. The van der Waals surface area contributed by atoms with E-state index in [1.807, 2.05) is 6.92 Å². The lowest BCUT2D eigenvalue weighted by atomic mass is 10.1. The summed E-state index contributed by atoms with van der Waals surface area (Å²) in [7, 11) is 1.72. The highest BCUT2D eigenvalue weighted by atomic mass is 16.5. The molecule has 0 amide bonds. The molecule has 0 aliphatic carbocycles. The van der Waals surface area contributed by atoms with Crippen molar-refractivity contribution in [3.8, 4) is 0 Å². The first-order chi connectivity index (χ1) is 6.70. The van der Waals surface area contributed by atoms with Crippen LogP contribution < -0.4 is 0 Å². The Morgan fingerprint density at radius 1 is 1.00 bits per heavy atom. The minimum atomic E-state index is 0.216. The molecule has 0 bridgehead atoms. The van der Waals surface area contributed by atoms with Crippen molar-refractivity contribution in [1.29, 1.82) is 0 Å². The van der Waals surface area contributed by atoms with Crippen LogP contribution in [0.4, 0.5) is 0 Å². The van der Waals surface area contributed by atoms with Crippen molar-refractivity contribution in [2.24, 2.45) is 0 Å². The van der Waals surface area contributed by atoms with E-state index in [1.165, 1.54) is 32.1 Å². The van der Waals surface area contributed by atoms with Crippen molar-refractivity contribution in [1.82, 2.24) is 0 Å². The number of hydrogen-bond donors (Lipinski definition) is 0. The molecule has 0 saturated carbocycles. The molecule has 0 N–H and O–H groups in total. The van der Waals surface area contributed by atoms with Crippen LogP contribution in [0.5, 0.6) is 0 Å². The highest BCUT2D eigenvalue weighted by Gasteiger charge is 2.05. The van der Waals surface area contributed by atoms with Crippen LogP contribution in [-0.2, 0) is 9.47 Å². The van der Waals surface area contributed by atoms with Gasteiger partial charge in [-0.05, 0) is 20.3 Å². The molecule has 0 rings (SSSR count). The fourth-order valence-electron chi connectivity index (χ4n) is 1.31. The van der Waals surface area contributed by atoms with Gasteiger partial charge in [0, 0.05) is 7.11 Å². The molecule has 86 valence electrons. The van der Waals surface area contributed by atoms with E-state index < -0.39 is 0 Å². The Balaban J connectivity index is 3.23. The van der Waals surface area contributed by atoms with Gasteiger partial charge in [-0.1, -0.05) is 32.6 Å². The summed E-state index contributed by atoms with van der Waals surface area (Å²) in [6.07, 6.45) is 7.05. The molecule has 2 nitrogen and oxygen atoms in total. The van der Waals surface area contributed by atoms with Gasteiger partial charge in [0.05, 0.1) is 18.8 Å². The summed E-state index contributed by atoms with van der Waals surface area (Å²) >= 11 is 0. The topological polar surface area (TPSA) is 18.5 Å². The van der Waals surface area contributed by atoms with Gasteiger partial charge >= 0.3 is 0 Å². The Labute approximate surface area is 89.0 Å². The van der Waals surface area contributed by atoms with Crippen LogP contribution in [0.3, 0.4) is 0 Å². The molecule has 0 saturated heterocycles. The number of rotatable bonds is 9. The van der Waals surface area contributed by atoms with Crippen LogP contribution in [0.15, 0.2) is 0 Å². The molecule has 0 radical (unpaired) electrons. The first-order valence-corrected chi connectivity index (χ1v) is 5.85. The van der Waals surface area contributed by atoms with Crippen molar-refractivity contribution in [3.05, 3.63) is 0 Å². The maximum absolute atomic E-state index is 5.65. The molecule has 0 aliphatic heterocycles. The van der Waals surface area contributed by atoms with Gasteiger partial charge in [0.2, 0.25) is 0 Å². The summed E-state index contributed by atoms with van der Waals surface area (Å²) in [5, 5.41) is 0. The molecule has 0 aromatic carbocycles. The second-order valence-electron chi connectivity index (χ2n) is 4.04. The van der Waals surface area contributed by atoms with Crippen molar-refractivity contribution in [3.63, 3.8) is 0 Å². The SMILES string of the molecule is CCCCCCC(C)OCC(C)OC. The second kappa shape index (κ2) is 9.47. The molecular formula is C12H26O2. The third-order valence-electron chi connectivity index (χ3n) is 2.48. The number of hydrogen-bond acceptors (Lipinski definition) is 2. The van der Waals surface area contributed by atoms with E-state index in [-0.39, 0.29) is 6.10 Å². The summed E-state index contributed by atoms with van der Waals surface area (Å²) in [6.45, 7) is 7.13. The van der Waals surface area contributed by atoms with Crippen LogP contribution in [0.2, 0.25) is 0 Å².